The zero-order valence-electron chi connectivity index (χ0n) is 16.4. The zero-order chi connectivity index (χ0) is 19.1. The molecule has 142 valence electrons. The molecule has 2 fully saturated rings. The topological polar surface area (TPSA) is 23.8 Å². The number of nitriles is 1. The molecule has 2 heteroatoms. The molecule has 0 aliphatic heterocycles. The highest BCUT2D eigenvalue weighted by Gasteiger charge is 2.29. The summed E-state index contributed by atoms with van der Waals surface area (Å²) in [5, 5.41) is 8.76. The van der Waals surface area contributed by atoms with E-state index in [2.05, 4.69) is 24.8 Å². The van der Waals surface area contributed by atoms with Crippen molar-refractivity contribution in [2.24, 2.45) is 23.7 Å². The van der Waals surface area contributed by atoms with E-state index in [1.165, 1.54) is 69.9 Å². The van der Waals surface area contributed by atoms with Gasteiger partial charge in [0.15, 0.2) is 0 Å². The summed E-state index contributed by atoms with van der Waals surface area (Å²) in [4.78, 5) is 0. The fraction of sp³-hybridized carbons (Fsp3) is 0.560. The lowest BCUT2D eigenvalue weighted by atomic mass is 9.69. The van der Waals surface area contributed by atoms with Gasteiger partial charge >= 0.3 is 0 Å². The van der Waals surface area contributed by atoms with Crippen LogP contribution in [0.25, 0.3) is 0 Å². The smallest absolute Gasteiger partial charge is 0.142 e. The second-order valence-electron chi connectivity index (χ2n) is 8.30. The summed E-state index contributed by atoms with van der Waals surface area (Å²) in [7, 11) is 0. The molecule has 0 N–H and O–H groups in total. The number of allylic oxidation sites excluding steroid dienone is 2. The Labute approximate surface area is 163 Å². The number of benzene rings is 1. The average molecular weight is 364 g/mol. The molecule has 0 saturated heterocycles. The lowest BCUT2D eigenvalue weighted by molar-refractivity contribution is 0.154. The molecular weight excluding hydrogens is 333 g/mol. The molecule has 2 aliphatic carbocycles. The number of nitrogens with zero attached hydrogens (tertiary/aromatic N) is 1. The summed E-state index contributed by atoms with van der Waals surface area (Å²) >= 11 is 0. The quantitative estimate of drug-likeness (QED) is 0.553. The minimum atomic E-state index is -0.500. The first-order valence-corrected chi connectivity index (χ1v) is 10.6. The third-order valence-electron chi connectivity index (χ3n) is 6.71. The van der Waals surface area contributed by atoms with Crippen molar-refractivity contribution in [1.29, 1.82) is 5.26 Å². The van der Waals surface area contributed by atoms with E-state index in [0.717, 1.165) is 17.8 Å². The van der Waals surface area contributed by atoms with Gasteiger partial charge in [-0.05, 0) is 86.5 Å². The van der Waals surface area contributed by atoms with Gasteiger partial charge in [0.25, 0.3) is 0 Å². The Kier molecular flexibility index (Phi) is 7.11. The molecular formula is C25H30FN. The van der Waals surface area contributed by atoms with Crippen LogP contribution in [0.1, 0.15) is 75.8 Å². The predicted octanol–water partition coefficient (Wildman–Crippen LogP) is 6.63. The number of rotatable bonds is 3. The molecule has 1 nitrogen and oxygen atoms in total. The Morgan fingerprint density at radius 2 is 1.70 bits per heavy atom. The van der Waals surface area contributed by atoms with E-state index < -0.39 is 5.82 Å². The molecule has 27 heavy (non-hydrogen) atoms. The molecule has 0 unspecified atom stereocenters. The Morgan fingerprint density at radius 3 is 2.30 bits per heavy atom. The SMILES string of the molecule is CC[C@H]1CC[C@H]([C@H]2CC[C@H](C=CC#Cc3ccc(C#N)c(F)c3)CC2)CC1. The summed E-state index contributed by atoms with van der Waals surface area (Å²) in [5.74, 6) is 9.03. The van der Waals surface area contributed by atoms with Crippen LogP contribution >= 0.6 is 0 Å². The largest absolute Gasteiger partial charge is 0.206 e. The van der Waals surface area contributed by atoms with Gasteiger partial charge in [-0.3, -0.25) is 0 Å². The van der Waals surface area contributed by atoms with Crippen LogP contribution in [0.5, 0.6) is 0 Å². The van der Waals surface area contributed by atoms with Crippen molar-refractivity contribution in [2.75, 3.05) is 0 Å². The minimum absolute atomic E-state index is 0.0658. The minimum Gasteiger partial charge on any atom is -0.206 e. The van der Waals surface area contributed by atoms with Crippen molar-refractivity contribution >= 4 is 0 Å². The second kappa shape index (κ2) is 9.75. The van der Waals surface area contributed by atoms with Crippen LogP contribution in [-0.4, -0.2) is 0 Å². The first-order valence-electron chi connectivity index (χ1n) is 10.6. The fourth-order valence-corrected chi connectivity index (χ4v) is 4.87. The first-order chi connectivity index (χ1) is 13.2. The molecule has 0 atom stereocenters. The number of halogens is 1. The van der Waals surface area contributed by atoms with Crippen LogP contribution in [-0.2, 0) is 0 Å². The van der Waals surface area contributed by atoms with Gasteiger partial charge in [-0.2, -0.15) is 5.26 Å². The van der Waals surface area contributed by atoms with Gasteiger partial charge in [0.2, 0.25) is 0 Å². The van der Waals surface area contributed by atoms with E-state index in [4.69, 9.17) is 5.26 Å². The van der Waals surface area contributed by atoms with E-state index in [0.29, 0.717) is 11.5 Å². The van der Waals surface area contributed by atoms with Crippen LogP contribution in [0.3, 0.4) is 0 Å². The summed E-state index contributed by atoms with van der Waals surface area (Å²) in [6, 6.07) is 6.34. The van der Waals surface area contributed by atoms with E-state index in [1.807, 2.05) is 12.1 Å². The van der Waals surface area contributed by atoms with Crippen LogP contribution in [0.15, 0.2) is 30.4 Å². The Morgan fingerprint density at radius 1 is 1.04 bits per heavy atom. The summed E-state index contributed by atoms with van der Waals surface area (Å²) in [6.45, 7) is 2.34. The number of hydrogen-bond donors (Lipinski definition) is 0. The molecule has 0 amide bonds. The molecule has 2 saturated carbocycles. The van der Waals surface area contributed by atoms with Crippen LogP contribution in [0.4, 0.5) is 4.39 Å². The monoisotopic (exact) mass is 363 g/mol. The second-order valence-corrected chi connectivity index (χ2v) is 8.30. The predicted molar refractivity (Wildman–Crippen MR) is 108 cm³/mol. The van der Waals surface area contributed by atoms with Crippen molar-refractivity contribution in [2.45, 2.75) is 64.7 Å². The van der Waals surface area contributed by atoms with Gasteiger partial charge in [-0.25, -0.2) is 4.39 Å². The van der Waals surface area contributed by atoms with Crippen molar-refractivity contribution < 1.29 is 4.39 Å². The summed E-state index contributed by atoms with van der Waals surface area (Å²) in [5.41, 5.74) is 0.679. The Bertz CT molecular complexity index is 745. The van der Waals surface area contributed by atoms with Crippen LogP contribution < -0.4 is 0 Å². The standard InChI is InChI=1S/C25H30FN/c1-2-19-7-12-22(13-8-19)23-14-9-20(10-15-23)5-3-4-6-21-11-16-24(18-27)25(26)17-21/h3,5,11,16-17,19-20,22-23H,2,7-10,12-15H2,1H3/t19-,20-,22-,23-. The third-order valence-corrected chi connectivity index (χ3v) is 6.71. The summed E-state index contributed by atoms with van der Waals surface area (Å²) in [6.07, 6.45) is 16.6. The van der Waals surface area contributed by atoms with E-state index in [-0.39, 0.29) is 5.56 Å². The molecule has 3 rings (SSSR count). The molecule has 0 heterocycles. The molecule has 0 radical (unpaired) electrons. The maximum atomic E-state index is 13.6. The Balaban J connectivity index is 1.44. The summed E-state index contributed by atoms with van der Waals surface area (Å²) < 4.78 is 13.6. The molecule has 1 aromatic rings. The molecule has 2 aliphatic rings. The fourth-order valence-electron chi connectivity index (χ4n) is 4.87. The van der Waals surface area contributed by atoms with Crippen molar-refractivity contribution in [3.8, 4) is 17.9 Å². The highest BCUT2D eigenvalue weighted by Crippen LogP contribution is 2.42. The Hall–Kier alpha value is -2.06. The van der Waals surface area contributed by atoms with E-state index >= 15 is 0 Å². The first kappa shape index (κ1) is 19.7. The molecule has 0 aromatic heterocycles. The van der Waals surface area contributed by atoms with Gasteiger partial charge in [-0.15, -0.1) is 0 Å². The number of hydrogen-bond acceptors (Lipinski definition) is 1. The average Bonchev–Trinajstić information content (AvgIpc) is 2.72. The van der Waals surface area contributed by atoms with Crippen molar-refractivity contribution in [3.63, 3.8) is 0 Å². The van der Waals surface area contributed by atoms with Gasteiger partial charge in [0.05, 0.1) is 5.56 Å². The highest BCUT2D eigenvalue weighted by molar-refractivity contribution is 5.42. The van der Waals surface area contributed by atoms with Crippen LogP contribution in [0, 0.1) is 52.7 Å². The van der Waals surface area contributed by atoms with Gasteiger partial charge in [0.1, 0.15) is 11.9 Å². The normalized spacial score (nSPS) is 28.3. The molecule has 0 spiro atoms. The highest BCUT2D eigenvalue weighted by atomic mass is 19.1. The van der Waals surface area contributed by atoms with Gasteiger partial charge < -0.3 is 0 Å². The van der Waals surface area contributed by atoms with Crippen molar-refractivity contribution in [3.05, 3.63) is 47.3 Å². The van der Waals surface area contributed by atoms with Gasteiger partial charge in [-0.1, -0.05) is 44.1 Å². The lowest BCUT2D eigenvalue weighted by Gasteiger charge is -2.37. The van der Waals surface area contributed by atoms with E-state index in [9.17, 15) is 4.39 Å². The van der Waals surface area contributed by atoms with Crippen LogP contribution in [0.2, 0.25) is 0 Å². The van der Waals surface area contributed by atoms with Gasteiger partial charge in [0, 0.05) is 5.56 Å². The third kappa shape index (κ3) is 5.46. The molecule has 1 aromatic carbocycles. The zero-order valence-corrected chi connectivity index (χ0v) is 16.4. The maximum Gasteiger partial charge on any atom is 0.142 e. The van der Waals surface area contributed by atoms with E-state index in [1.54, 1.807) is 6.07 Å². The van der Waals surface area contributed by atoms with Crippen molar-refractivity contribution in [1.82, 2.24) is 0 Å². The lowest BCUT2D eigenvalue weighted by Crippen LogP contribution is -2.25. The maximum absolute atomic E-state index is 13.6. The molecule has 0 bridgehead atoms.